The van der Waals surface area contributed by atoms with Gasteiger partial charge in [-0.2, -0.15) is 0 Å². The molecule has 0 amide bonds. The zero-order valence-corrected chi connectivity index (χ0v) is 10.3. The topological polar surface area (TPSA) is 74.5 Å². The molecule has 6 nitrogen and oxygen atoms in total. The summed E-state index contributed by atoms with van der Waals surface area (Å²) in [7, 11) is 1.54. The third-order valence-corrected chi connectivity index (χ3v) is 2.41. The van der Waals surface area contributed by atoms with Crippen LogP contribution < -0.4 is 9.47 Å². The third-order valence-electron chi connectivity index (χ3n) is 2.41. The molecule has 0 N–H and O–H groups in total. The molecule has 0 saturated carbocycles. The van der Waals surface area contributed by atoms with E-state index in [2.05, 4.69) is 4.98 Å². The minimum atomic E-state index is -0.462. The van der Waals surface area contributed by atoms with Gasteiger partial charge in [0.2, 0.25) is 5.88 Å². The number of non-ortho nitro benzene ring substituents is 1. The van der Waals surface area contributed by atoms with Gasteiger partial charge in [0.15, 0.2) is 0 Å². The molecule has 2 aromatic rings. The minimum absolute atomic E-state index is 0.00361. The molecule has 0 aliphatic carbocycles. The molecule has 0 radical (unpaired) electrons. The molecule has 1 aromatic heterocycles. The molecule has 0 fully saturated rings. The van der Waals surface area contributed by atoms with Crippen molar-refractivity contribution in [3.8, 4) is 11.6 Å². The van der Waals surface area contributed by atoms with Crippen LogP contribution in [0.15, 0.2) is 42.5 Å². The summed E-state index contributed by atoms with van der Waals surface area (Å²) in [6.45, 7) is 0.221. The van der Waals surface area contributed by atoms with Gasteiger partial charge in [0.1, 0.15) is 12.4 Å². The predicted molar refractivity (Wildman–Crippen MR) is 68.2 cm³/mol. The van der Waals surface area contributed by atoms with Crippen LogP contribution in [0.1, 0.15) is 5.69 Å². The van der Waals surface area contributed by atoms with Crippen LogP contribution in [-0.2, 0) is 6.61 Å². The van der Waals surface area contributed by atoms with Crippen LogP contribution in [0, 0.1) is 10.1 Å². The molecule has 0 aliphatic heterocycles. The van der Waals surface area contributed by atoms with Crippen molar-refractivity contribution in [2.24, 2.45) is 0 Å². The maximum absolute atomic E-state index is 10.6. The lowest BCUT2D eigenvalue weighted by atomic mass is 10.3. The summed E-state index contributed by atoms with van der Waals surface area (Å²) in [4.78, 5) is 14.4. The number of rotatable bonds is 5. The average Bonchev–Trinajstić information content (AvgIpc) is 2.45. The number of hydrogen-bond acceptors (Lipinski definition) is 5. The molecule has 2 rings (SSSR count). The summed E-state index contributed by atoms with van der Waals surface area (Å²) in [6, 6.07) is 11.4. The Morgan fingerprint density at radius 2 is 2.05 bits per heavy atom. The summed E-state index contributed by atoms with van der Waals surface area (Å²) < 4.78 is 10.5. The van der Waals surface area contributed by atoms with E-state index in [1.165, 1.54) is 19.2 Å². The van der Waals surface area contributed by atoms with Gasteiger partial charge in [0, 0.05) is 12.1 Å². The predicted octanol–water partition coefficient (Wildman–Crippen LogP) is 2.58. The molecule has 0 aliphatic rings. The van der Waals surface area contributed by atoms with Gasteiger partial charge in [-0.05, 0) is 12.1 Å². The largest absolute Gasteiger partial charge is 0.487 e. The highest BCUT2D eigenvalue weighted by atomic mass is 16.6. The Balaban J connectivity index is 2.05. The number of nitro benzene ring substituents is 1. The average molecular weight is 260 g/mol. The third kappa shape index (κ3) is 3.41. The van der Waals surface area contributed by atoms with E-state index < -0.39 is 4.92 Å². The highest BCUT2D eigenvalue weighted by Crippen LogP contribution is 2.20. The lowest BCUT2D eigenvalue weighted by Gasteiger charge is -2.06. The quantitative estimate of drug-likeness (QED) is 0.610. The Morgan fingerprint density at radius 1 is 1.26 bits per heavy atom. The zero-order valence-electron chi connectivity index (χ0n) is 10.3. The van der Waals surface area contributed by atoms with Crippen LogP contribution in [0.25, 0.3) is 0 Å². The van der Waals surface area contributed by atoms with E-state index >= 15 is 0 Å². The molecule has 0 atom stereocenters. The normalized spacial score (nSPS) is 9.95. The van der Waals surface area contributed by atoms with E-state index in [1.807, 2.05) is 0 Å². The Kier molecular flexibility index (Phi) is 3.92. The molecular weight excluding hydrogens is 248 g/mol. The molecule has 6 heteroatoms. The molecule has 0 bridgehead atoms. The Bertz CT molecular complexity index is 586. The lowest BCUT2D eigenvalue weighted by molar-refractivity contribution is -0.384. The maximum atomic E-state index is 10.6. The SMILES string of the molecule is COc1cccc(COc2cccc([N+](=O)[O-])c2)n1. The first kappa shape index (κ1) is 12.8. The summed E-state index contributed by atoms with van der Waals surface area (Å²) in [5.41, 5.74) is 0.682. The Morgan fingerprint density at radius 3 is 2.79 bits per heavy atom. The van der Waals surface area contributed by atoms with Gasteiger partial charge < -0.3 is 9.47 Å². The number of nitro groups is 1. The molecule has 98 valence electrons. The highest BCUT2D eigenvalue weighted by Gasteiger charge is 2.06. The van der Waals surface area contributed by atoms with Gasteiger partial charge in [0.25, 0.3) is 5.69 Å². The second-order valence-electron chi connectivity index (χ2n) is 3.71. The second kappa shape index (κ2) is 5.81. The van der Waals surface area contributed by atoms with Crippen molar-refractivity contribution in [1.29, 1.82) is 0 Å². The molecule has 19 heavy (non-hydrogen) atoms. The van der Waals surface area contributed by atoms with Gasteiger partial charge in [-0.25, -0.2) is 4.98 Å². The summed E-state index contributed by atoms with van der Waals surface area (Å²) in [5, 5.41) is 10.6. The summed E-state index contributed by atoms with van der Waals surface area (Å²) >= 11 is 0. The molecular formula is C13H12N2O4. The number of nitrogens with zero attached hydrogens (tertiary/aromatic N) is 2. The monoisotopic (exact) mass is 260 g/mol. The number of hydrogen-bond donors (Lipinski definition) is 0. The van der Waals surface area contributed by atoms with Gasteiger partial charge >= 0.3 is 0 Å². The standard InChI is InChI=1S/C13H12N2O4/c1-18-13-7-2-4-10(14-13)9-19-12-6-3-5-11(8-12)15(16)17/h2-8H,9H2,1H3. The number of pyridine rings is 1. The first-order valence-electron chi connectivity index (χ1n) is 5.56. The van der Waals surface area contributed by atoms with Crippen LogP contribution in [0.2, 0.25) is 0 Å². The number of benzene rings is 1. The fourth-order valence-corrected chi connectivity index (χ4v) is 1.50. The highest BCUT2D eigenvalue weighted by molar-refractivity contribution is 5.38. The number of ether oxygens (including phenoxy) is 2. The second-order valence-corrected chi connectivity index (χ2v) is 3.71. The molecule has 1 aromatic carbocycles. The minimum Gasteiger partial charge on any atom is -0.487 e. The first-order chi connectivity index (χ1) is 9.19. The Hall–Kier alpha value is -2.63. The van der Waals surface area contributed by atoms with Gasteiger partial charge in [-0.1, -0.05) is 12.1 Å². The van der Waals surface area contributed by atoms with Crippen LogP contribution in [-0.4, -0.2) is 17.0 Å². The van der Waals surface area contributed by atoms with Crippen molar-refractivity contribution in [3.05, 3.63) is 58.3 Å². The zero-order chi connectivity index (χ0) is 13.7. The fraction of sp³-hybridized carbons (Fsp3) is 0.154. The molecule has 0 saturated heterocycles. The van der Waals surface area contributed by atoms with Gasteiger partial charge in [-0.15, -0.1) is 0 Å². The van der Waals surface area contributed by atoms with E-state index in [0.29, 0.717) is 17.3 Å². The van der Waals surface area contributed by atoms with E-state index in [0.717, 1.165) is 0 Å². The summed E-state index contributed by atoms with van der Waals surface area (Å²) in [6.07, 6.45) is 0. The lowest BCUT2D eigenvalue weighted by Crippen LogP contribution is -1.99. The van der Waals surface area contributed by atoms with E-state index in [4.69, 9.17) is 9.47 Å². The van der Waals surface area contributed by atoms with Crippen LogP contribution in [0.5, 0.6) is 11.6 Å². The first-order valence-corrected chi connectivity index (χ1v) is 5.56. The Labute approximate surface area is 109 Å². The van der Waals surface area contributed by atoms with E-state index in [1.54, 1.807) is 30.3 Å². The fourth-order valence-electron chi connectivity index (χ4n) is 1.50. The number of methoxy groups -OCH3 is 1. The molecule has 1 heterocycles. The van der Waals surface area contributed by atoms with E-state index in [9.17, 15) is 10.1 Å². The molecule has 0 spiro atoms. The maximum Gasteiger partial charge on any atom is 0.273 e. The van der Waals surface area contributed by atoms with Crippen LogP contribution in [0.4, 0.5) is 5.69 Å². The van der Waals surface area contributed by atoms with Crippen molar-refractivity contribution >= 4 is 5.69 Å². The molecule has 0 unspecified atom stereocenters. The van der Waals surface area contributed by atoms with Crippen molar-refractivity contribution < 1.29 is 14.4 Å². The van der Waals surface area contributed by atoms with Crippen molar-refractivity contribution in [2.45, 2.75) is 6.61 Å². The van der Waals surface area contributed by atoms with Crippen LogP contribution in [0.3, 0.4) is 0 Å². The number of aromatic nitrogens is 1. The van der Waals surface area contributed by atoms with Crippen molar-refractivity contribution in [2.75, 3.05) is 7.11 Å². The van der Waals surface area contributed by atoms with E-state index in [-0.39, 0.29) is 12.3 Å². The van der Waals surface area contributed by atoms with Crippen molar-refractivity contribution in [1.82, 2.24) is 4.98 Å². The van der Waals surface area contributed by atoms with Gasteiger partial charge in [0.05, 0.1) is 23.8 Å². The van der Waals surface area contributed by atoms with Crippen molar-refractivity contribution in [3.63, 3.8) is 0 Å². The summed E-state index contributed by atoms with van der Waals surface area (Å²) in [5.74, 6) is 0.930. The van der Waals surface area contributed by atoms with Gasteiger partial charge in [-0.3, -0.25) is 10.1 Å². The smallest absolute Gasteiger partial charge is 0.273 e. The van der Waals surface area contributed by atoms with Crippen LogP contribution >= 0.6 is 0 Å².